The summed E-state index contributed by atoms with van der Waals surface area (Å²) >= 11 is 6.72. The molecule has 5 rings (SSSR count). The Morgan fingerprint density at radius 1 is 0.862 bits per heavy atom. The summed E-state index contributed by atoms with van der Waals surface area (Å²) in [6.07, 6.45) is 0.000332. The molecule has 0 aromatic heterocycles. The number of carbonyl (C=O) groups is 5. The number of benzene rings is 4. The summed E-state index contributed by atoms with van der Waals surface area (Å²) in [6.45, 7) is 8.20. The van der Waals surface area contributed by atoms with Gasteiger partial charge in [-0.1, -0.05) is 74.8 Å². The van der Waals surface area contributed by atoms with Crippen molar-refractivity contribution in [3.63, 3.8) is 0 Å². The molecule has 0 spiro atoms. The van der Waals surface area contributed by atoms with Gasteiger partial charge in [0.15, 0.2) is 0 Å². The SMILES string of the molecule is C[C@@H]1NC(=O)[C@@H](N(C)C(=O)C(CCN)NC(=O)c2ccc(-c3ccc(C(C)(C)C)cc3)cc2Cl)c2ccc(OCCN)c(c2)-c2cc(ccc2OCCN)C[C@@H](C(=O)NCC#N)NC1=O. The molecule has 17 heteroatoms. The van der Waals surface area contributed by atoms with Gasteiger partial charge in [-0.3, -0.25) is 24.0 Å². The highest BCUT2D eigenvalue weighted by Crippen LogP contribution is 2.40. The summed E-state index contributed by atoms with van der Waals surface area (Å²) in [4.78, 5) is 71.3. The molecule has 4 aromatic carbocycles. The number of hydrogen-bond donors (Lipinski definition) is 7. The van der Waals surface area contributed by atoms with E-state index in [1.807, 2.05) is 18.2 Å². The van der Waals surface area contributed by atoms with Gasteiger partial charge in [-0.2, -0.15) is 5.26 Å². The second-order valence-electron chi connectivity index (χ2n) is 16.7. The first-order valence-corrected chi connectivity index (χ1v) is 21.7. The molecule has 1 unspecified atom stereocenters. The van der Waals surface area contributed by atoms with E-state index in [1.54, 1.807) is 54.6 Å². The maximum absolute atomic E-state index is 14.6. The van der Waals surface area contributed by atoms with Crippen molar-refractivity contribution in [2.45, 2.75) is 70.1 Å². The van der Waals surface area contributed by atoms with Gasteiger partial charge in [-0.15, -0.1) is 0 Å². The van der Waals surface area contributed by atoms with Gasteiger partial charge in [-0.25, -0.2) is 0 Å². The summed E-state index contributed by atoms with van der Waals surface area (Å²) in [5.74, 6) is -2.61. The molecule has 4 atom stereocenters. The maximum Gasteiger partial charge on any atom is 0.253 e. The van der Waals surface area contributed by atoms with E-state index in [4.69, 9.17) is 43.5 Å². The first kappa shape index (κ1) is 49.5. The number of carbonyl (C=O) groups excluding carboxylic acids is 5. The Morgan fingerprint density at radius 3 is 2.09 bits per heavy atom. The number of ether oxygens (including phenoxy) is 2. The molecule has 0 saturated carbocycles. The molecule has 0 fully saturated rings. The fourth-order valence-corrected chi connectivity index (χ4v) is 7.67. The molecule has 4 bridgehead atoms. The monoisotopic (exact) mass is 907 g/mol. The summed E-state index contributed by atoms with van der Waals surface area (Å²) in [7, 11) is 1.41. The molecule has 1 aliphatic rings. The van der Waals surface area contributed by atoms with Crippen LogP contribution in [0.3, 0.4) is 0 Å². The zero-order chi connectivity index (χ0) is 47.4. The van der Waals surface area contributed by atoms with Gasteiger partial charge < -0.3 is 52.8 Å². The molecular weight excluding hydrogens is 850 g/mol. The summed E-state index contributed by atoms with van der Waals surface area (Å²) in [6, 6.07) is 20.2. The van der Waals surface area contributed by atoms with Crippen molar-refractivity contribution < 1.29 is 33.4 Å². The molecule has 16 nitrogen and oxygen atoms in total. The van der Waals surface area contributed by atoms with Crippen molar-refractivity contribution >= 4 is 41.1 Å². The van der Waals surface area contributed by atoms with E-state index in [9.17, 15) is 24.0 Å². The van der Waals surface area contributed by atoms with Gasteiger partial charge in [0.25, 0.3) is 5.91 Å². The lowest BCUT2D eigenvalue weighted by atomic mass is 9.86. The Hall–Kier alpha value is -6.51. The van der Waals surface area contributed by atoms with Crippen LogP contribution in [0, 0.1) is 11.3 Å². The minimum atomic E-state index is -1.40. The molecule has 344 valence electrons. The smallest absolute Gasteiger partial charge is 0.253 e. The zero-order valence-corrected chi connectivity index (χ0v) is 38.1. The number of amides is 5. The van der Waals surface area contributed by atoms with Crippen LogP contribution >= 0.6 is 11.6 Å². The molecule has 5 amide bonds. The predicted octanol–water partition coefficient (Wildman–Crippen LogP) is 3.48. The van der Waals surface area contributed by atoms with E-state index in [-0.39, 0.29) is 68.2 Å². The van der Waals surface area contributed by atoms with E-state index in [0.29, 0.717) is 33.8 Å². The number of hydrogen-bond acceptors (Lipinski definition) is 11. The third-order valence-electron chi connectivity index (χ3n) is 10.9. The molecule has 10 N–H and O–H groups in total. The number of nitrogens with one attached hydrogen (secondary N) is 4. The van der Waals surface area contributed by atoms with Crippen LogP contribution in [0.5, 0.6) is 11.5 Å². The lowest BCUT2D eigenvalue weighted by Crippen LogP contribution is -2.56. The molecule has 4 aromatic rings. The van der Waals surface area contributed by atoms with Crippen LogP contribution in [0.15, 0.2) is 78.9 Å². The fourth-order valence-electron chi connectivity index (χ4n) is 7.41. The molecule has 0 aliphatic carbocycles. The van der Waals surface area contributed by atoms with Crippen molar-refractivity contribution in [1.82, 2.24) is 26.2 Å². The zero-order valence-electron chi connectivity index (χ0n) is 37.3. The number of fused-ring (bicyclic) bond motifs is 5. The van der Waals surface area contributed by atoms with Gasteiger partial charge in [-0.05, 0) is 89.5 Å². The number of halogens is 1. The van der Waals surface area contributed by atoms with E-state index < -0.39 is 53.7 Å². The topological polar surface area (TPSA) is 257 Å². The third kappa shape index (κ3) is 12.4. The van der Waals surface area contributed by atoms with E-state index in [1.165, 1.54) is 24.4 Å². The van der Waals surface area contributed by atoms with Crippen LogP contribution in [-0.4, -0.2) is 99.0 Å². The molecule has 1 aliphatic heterocycles. The highest BCUT2D eigenvalue weighted by Gasteiger charge is 2.36. The first-order valence-electron chi connectivity index (χ1n) is 21.4. The third-order valence-corrected chi connectivity index (χ3v) is 11.2. The minimum Gasteiger partial charge on any atom is -0.492 e. The minimum absolute atomic E-state index is 0.00110. The predicted molar refractivity (Wildman–Crippen MR) is 249 cm³/mol. The summed E-state index contributed by atoms with van der Waals surface area (Å²) < 4.78 is 12.2. The van der Waals surface area contributed by atoms with Crippen molar-refractivity contribution in [2.75, 3.05) is 46.4 Å². The van der Waals surface area contributed by atoms with Crippen molar-refractivity contribution in [3.8, 4) is 39.8 Å². The highest BCUT2D eigenvalue weighted by atomic mass is 35.5. The second kappa shape index (κ2) is 22.4. The van der Waals surface area contributed by atoms with Crippen molar-refractivity contribution in [1.29, 1.82) is 5.26 Å². The molecular formula is C48H58ClN9O7. The molecule has 1 heterocycles. The molecule has 0 radical (unpaired) electrons. The average molecular weight is 909 g/mol. The van der Waals surface area contributed by atoms with Gasteiger partial charge in [0.1, 0.15) is 55.4 Å². The Labute approximate surface area is 384 Å². The lowest BCUT2D eigenvalue weighted by molar-refractivity contribution is -0.141. The number of nitriles is 1. The van der Waals surface area contributed by atoms with Crippen LogP contribution in [-0.2, 0) is 31.0 Å². The molecule has 65 heavy (non-hydrogen) atoms. The molecule has 0 saturated heterocycles. The Balaban J connectivity index is 1.55. The fraction of sp³-hybridized carbons (Fsp3) is 0.375. The van der Waals surface area contributed by atoms with Gasteiger partial charge >= 0.3 is 0 Å². The lowest BCUT2D eigenvalue weighted by Gasteiger charge is -2.32. The van der Waals surface area contributed by atoms with Gasteiger partial charge in [0.05, 0.1) is 16.7 Å². The van der Waals surface area contributed by atoms with E-state index in [0.717, 1.165) is 11.1 Å². The maximum atomic E-state index is 14.6. The Bertz CT molecular complexity index is 2420. The standard InChI is InChI=1S/C48H58ClN9O7/c1-28-43(59)57-39(45(61)54-21-18-51)25-29-6-14-40(64-22-19-52)35(24-29)36-26-32(10-15-41(36)65-23-20-53)42(46(62)55-28)58(5)47(63)38(16-17-50)56-44(60)34-13-9-31(27-37(34)49)30-7-11-33(12-8-30)48(2,3)4/h6-15,24,26-28,38-39,42H,16-17,19-23,25,50,52-53H2,1-5H3,(H,54,61)(H,55,62)(H,56,60)(H,57,59)/t28-,38?,39-,42-/m0/s1. The van der Waals surface area contributed by atoms with Gasteiger partial charge in [0, 0.05) is 37.7 Å². The van der Waals surface area contributed by atoms with Crippen molar-refractivity contribution in [2.24, 2.45) is 17.2 Å². The van der Waals surface area contributed by atoms with Crippen LogP contribution in [0.25, 0.3) is 22.3 Å². The summed E-state index contributed by atoms with van der Waals surface area (Å²) in [5, 5.41) is 20.0. The van der Waals surface area contributed by atoms with Crippen LogP contribution < -0.4 is 47.9 Å². The first-order chi connectivity index (χ1) is 31.0. The van der Waals surface area contributed by atoms with Gasteiger partial charge in [0.2, 0.25) is 23.6 Å². The number of nitrogens with two attached hydrogens (primary N) is 3. The quantitative estimate of drug-likeness (QED) is 0.0850. The summed E-state index contributed by atoms with van der Waals surface area (Å²) in [5.41, 5.74) is 22.5. The van der Waals surface area contributed by atoms with Crippen LogP contribution in [0.1, 0.15) is 67.2 Å². The van der Waals surface area contributed by atoms with Crippen molar-refractivity contribution in [3.05, 3.63) is 106 Å². The Kier molecular flexibility index (Phi) is 17.1. The highest BCUT2D eigenvalue weighted by molar-refractivity contribution is 6.34. The van der Waals surface area contributed by atoms with Crippen LogP contribution in [0.2, 0.25) is 5.02 Å². The number of likely N-dealkylation sites (N-methyl/N-ethyl adjacent to an activating group) is 1. The second-order valence-corrected chi connectivity index (χ2v) is 17.1. The van der Waals surface area contributed by atoms with E-state index >= 15 is 0 Å². The number of rotatable bonds is 15. The normalized spacial score (nSPS) is 16.7. The van der Waals surface area contributed by atoms with E-state index in [2.05, 4.69) is 54.2 Å². The van der Waals surface area contributed by atoms with Crippen LogP contribution in [0.4, 0.5) is 0 Å². The largest absolute Gasteiger partial charge is 0.492 e. The number of nitrogens with zero attached hydrogens (tertiary/aromatic N) is 2. The average Bonchev–Trinajstić information content (AvgIpc) is 3.28. The Morgan fingerprint density at radius 2 is 1.49 bits per heavy atom.